The molecule has 0 saturated carbocycles. The molecule has 0 spiro atoms. The van der Waals surface area contributed by atoms with Gasteiger partial charge in [-0.25, -0.2) is 0 Å². The molecule has 1 aromatic carbocycles. The lowest BCUT2D eigenvalue weighted by Gasteiger charge is -2.09. The number of hydrogen-bond donors (Lipinski definition) is 0. The van der Waals surface area contributed by atoms with Crippen molar-refractivity contribution in [3.63, 3.8) is 0 Å². The minimum atomic E-state index is 0.931. The van der Waals surface area contributed by atoms with Crippen molar-refractivity contribution in [1.29, 1.82) is 0 Å². The van der Waals surface area contributed by atoms with Crippen LogP contribution in [0.15, 0.2) is 46.5 Å². The summed E-state index contributed by atoms with van der Waals surface area (Å²) in [5.74, 6) is 0. The molecule has 0 fully saturated rings. The molecule has 0 N–H and O–H groups in total. The highest BCUT2D eigenvalue weighted by Gasteiger charge is 2.14. The number of rotatable bonds is 5. The molecule has 1 aliphatic rings. The van der Waals surface area contributed by atoms with Gasteiger partial charge < -0.3 is 0 Å². The van der Waals surface area contributed by atoms with Crippen molar-refractivity contribution in [2.45, 2.75) is 40.0 Å². The van der Waals surface area contributed by atoms with Crippen LogP contribution in [-0.2, 0) is 0 Å². The SMILES string of the molecule is CCCCN=Cc1ccccc1C1=C(C)C(C)=CC1. The second-order valence-corrected chi connectivity index (χ2v) is 5.17. The van der Waals surface area contributed by atoms with E-state index >= 15 is 0 Å². The predicted octanol–water partition coefficient (Wildman–Crippen LogP) is 5.03. The van der Waals surface area contributed by atoms with E-state index in [4.69, 9.17) is 0 Å². The Morgan fingerprint density at radius 1 is 1.21 bits per heavy atom. The van der Waals surface area contributed by atoms with E-state index in [2.05, 4.69) is 56.1 Å². The monoisotopic (exact) mass is 253 g/mol. The molecule has 0 aliphatic heterocycles. The first-order chi connectivity index (χ1) is 9.24. The van der Waals surface area contributed by atoms with E-state index in [0.717, 1.165) is 13.0 Å². The Morgan fingerprint density at radius 3 is 2.68 bits per heavy atom. The van der Waals surface area contributed by atoms with E-state index in [-0.39, 0.29) is 0 Å². The van der Waals surface area contributed by atoms with Crippen LogP contribution in [0.25, 0.3) is 5.57 Å². The maximum Gasteiger partial charge on any atom is 0.0389 e. The summed E-state index contributed by atoms with van der Waals surface area (Å²) < 4.78 is 0. The number of unbranched alkanes of at least 4 members (excludes halogenated alkanes) is 1. The Bertz CT molecular complexity index is 532. The highest BCUT2D eigenvalue weighted by molar-refractivity contribution is 5.90. The second kappa shape index (κ2) is 6.51. The van der Waals surface area contributed by atoms with E-state index < -0.39 is 0 Å². The van der Waals surface area contributed by atoms with Gasteiger partial charge >= 0.3 is 0 Å². The first-order valence-electron chi connectivity index (χ1n) is 7.20. The molecule has 0 aromatic heterocycles. The minimum Gasteiger partial charge on any atom is -0.293 e. The van der Waals surface area contributed by atoms with Crippen LogP contribution in [0.4, 0.5) is 0 Å². The third kappa shape index (κ3) is 3.23. The van der Waals surface area contributed by atoms with Crippen molar-refractivity contribution in [3.05, 3.63) is 52.6 Å². The number of hydrogen-bond acceptors (Lipinski definition) is 1. The van der Waals surface area contributed by atoms with Gasteiger partial charge in [-0.1, -0.05) is 49.3 Å². The normalized spacial score (nSPS) is 15.4. The Balaban J connectivity index is 2.25. The van der Waals surface area contributed by atoms with Crippen molar-refractivity contribution in [3.8, 4) is 0 Å². The number of nitrogens with zero attached hydrogens (tertiary/aromatic N) is 1. The van der Waals surface area contributed by atoms with Gasteiger partial charge in [0, 0.05) is 12.8 Å². The molecule has 1 heteroatoms. The average Bonchev–Trinajstić information content (AvgIpc) is 2.76. The molecule has 1 aliphatic carbocycles. The number of benzene rings is 1. The smallest absolute Gasteiger partial charge is 0.0389 e. The Labute approximate surface area is 116 Å². The van der Waals surface area contributed by atoms with Gasteiger partial charge in [-0.15, -0.1) is 0 Å². The van der Waals surface area contributed by atoms with Crippen LogP contribution in [0.5, 0.6) is 0 Å². The molecule has 2 rings (SSSR count). The van der Waals surface area contributed by atoms with Crippen LogP contribution in [0.2, 0.25) is 0 Å². The fourth-order valence-electron chi connectivity index (χ4n) is 2.41. The maximum absolute atomic E-state index is 4.54. The van der Waals surface area contributed by atoms with E-state index in [1.807, 2.05) is 6.21 Å². The van der Waals surface area contributed by atoms with E-state index in [1.54, 1.807) is 0 Å². The van der Waals surface area contributed by atoms with Gasteiger partial charge in [0.1, 0.15) is 0 Å². The number of allylic oxidation sites excluding steroid dienone is 4. The number of aliphatic imine (C=N–C) groups is 1. The Morgan fingerprint density at radius 2 is 2.00 bits per heavy atom. The van der Waals surface area contributed by atoms with E-state index in [1.165, 1.54) is 40.7 Å². The molecule has 100 valence electrons. The van der Waals surface area contributed by atoms with Crippen molar-refractivity contribution in [2.24, 2.45) is 4.99 Å². The van der Waals surface area contributed by atoms with Crippen molar-refractivity contribution in [1.82, 2.24) is 0 Å². The zero-order valence-corrected chi connectivity index (χ0v) is 12.2. The highest BCUT2D eigenvalue weighted by Crippen LogP contribution is 2.34. The first kappa shape index (κ1) is 13.8. The van der Waals surface area contributed by atoms with Gasteiger partial charge in [0.2, 0.25) is 0 Å². The summed E-state index contributed by atoms with van der Waals surface area (Å²) in [5.41, 5.74) is 6.88. The standard InChI is InChI=1S/C18H23N/c1-4-5-12-19-13-16-8-6-7-9-18(16)17-11-10-14(2)15(17)3/h6-10,13H,4-5,11-12H2,1-3H3. The molecule has 0 radical (unpaired) electrons. The van der Waals surface area contributed by atoms with Crippen LogP contribution in [0.1, 0.15) is 51.2 Å². The molecule has 0 bridgehead atoms. The van der Waals surface area contributed by atoms with Crippen molar-refractivity contribution < 1.29 is 0 Å². The quantitative estimate of drug-likeness (QED) is 0.515. The summed E-state index contributed by atoms with van der Waals surface area (Å²) in [6, 6.07) is 8.59. The zero-order valence-electron chi connectivity index (χ0n) is 12.2. The third-order valence-electron chi connectivity index (χ3n) is 3.81. The largest absolute Gasteiger partial charge is 0.293 e. The molecule has 0 saturated heterocycles. The van der Waals surface area contributed by atoms with Crippen molar-refractivity contribution in [2.75, 3.05) is 6.54 Å². The predicted molar refractivity (Wildman–Crippen MR) is 84.8 cm³/mol. The fourth-order valence-corrected chi connectivity index (χ4v) is 2.41. The van der Waals surface area contributed by atoms with Gasteiger partial charge in [-0.3, -0.25) is 4.99 Å². The van der Waals surface area contributed by atoms with Crippen LogP contribution in [-0.4, -0.2) is 12.8 Å². The fraction of sp³-hybridized carbons (Fsp3) is 0.389. The molecule has 0 amide bonds. The van der Waals surface area contributed by atoms with Gasteiger partial charge in [-0.2, -0.15) is 0 Å². The van der Waals surface area contributed by atoms with Gasteiger partial charge in [0.15, 0.2) is 0 Å². The molecule has 1 aromatic rings. The van der Waals surface area contributed by atoms with Crippen LogP contribution in [0.3, 0.4) is 0 Å². The molecule has 0 heterocycles. The van der Waals surface area contributed by atoms with E-state index in [9.17, 15) is 0 Å². The maximum atomic E-state index is 4.54. The molecule has 0 atom stereocenters. The first-order valence-corrected chi connectivity index (χ1v) is 7.20. The lowest BCUT2D eigenvalue weighted by Crippen LogP contribution is -1.93. The Kier molecular flexibility index (Phi) is 4.73. The molecule has 1 nitrogen and oxygen atoms in total. The molecule has 19 heavy (non-hydrogen) atoms. The van der Waals surface area contributed by atoms with Gasteiger partial charge in [-0.05, 0) is 49.0 Å². The summed E-state index contributed by atoms with van der Waals surface area (Å²) in [5, 5.41) is 0. The summed E-state index contributed by atoms with van der Waals surface area (Å²) in [7, 11) is 0. The highest BCUT2D eigenvalue weighted by atomic mass is 14.7. The molecule has 0 unspecified atom stereocenters. The lowest BCUT2D eigenvalue weighted by atomic mass is 9.96. The summed E-state index contributed by atoms with van der Waals surface area (Å²) in [6.45, 7) is 7.55. The van der Waals surface area contributed by atoms with Gasteiger partial charge in [0.05, 0.1) is 0 Å². The van der Waals surface area contributed by atoms with Crippen LogP contribution < -0.4 is 0 Å². The van der Waals surface area contributed by atoms with Crippen molar-refractivity contribution >= 4 is 11.8 Å². The third-order valence-corrected chi connectivity index (χ3v) is 3.81. The topological polar surface area (TPSA) is 12.4 Å². The summed E-state index contributed by atoms with van der Waals surface area (Å²) in [6.07, 6.45) is 7.78. The van der Waals surface area contributed by atoms with Gasteiger partial charge in [0.25, 0.3) is 0 Å². The molecular weight excluding hydrogens is 230 g/mol. The second-order valence-electron chi connectivity index (χ2n) is 5.17. The summed E-state index contributed by atoms with van der Waals surface area (Å²) in [4.78, 5) is 4.54. The minimum absolute atomic E-state index is 0.931. The van der Waals surface area contributed by atoms with Crippen LogP contribution >= 0.6 is 0 Å². The lowest BCUT2D eigenvalue weighted by molar-refractivity contribution is 0.810. The summed E-state index contributed by atoms with van der Waals surface area (Å²) >= 11 is 0. The zero-order chi connectivity index (χ0) is 13.7. The van der Waals surface area contributed by atoms with E-state index in [0.29, 0.717) is 0 Å². The molecular formula is C18H23N. The Hall–Kier alpha value is -1.63. The average molecular weight is 253 g/mol. The van der Waals surface area contributed by atoms with Crippen LogP contribution in [0, 0.1) is 0 Å².